The van der Waals surface area contributed by atoms with Gasteiger partial charge in [0.05, 0.1) is 22.2 Å². The number of imidazole rings is 1. The van der Waals surface area contributed by atoms with Crippen molar-refractivity contribution in [3.8, 4) is 0 Å². The minimum Gasteiger partial charge on any atom is -0.366 e. The van der Waals surface area contributed by atoms with Crippen LogP contribution >= 0.6 is 12.4 Å². The Hall–Kier alpha value is -2.34. The van der Waals surface area contributed by atoms with E-state index in [4.69, 9.17) is 5.73 Å². The fourth-order valence-corrected chi connectivity index (χ4v) is 3.95. The number of nitrogens with one attached hydrogen (secondary N) is 1. The van der Waals surface area contributed by atoms with Gasteiger partial charge in [-0.25, -0.2) is 4.98 Å². The van der Waals surface area contributed by atoms with E-state index in [1.807, 2.05) is 38.7 Å². The molecule has 0 saturated heterocycles. The first kappa shape index (κ1) is 19.0. The second-order valence-corrected chi connectivity index (χ2v) is 7.28. The van der Waals surface area contributed by atoms with Gasteiger partial charge in [-0.05, 0) is 39.8 Å². The Balaban J connectivity index is 0.00000225. The number of hydrogen-bond acceptors (Lipinski definition) is 3. The fourth-order valence-electron chi connectivity index (χ4n) is 3.95. The van der Waals surface area contributed by atoms with Gasteiger partial charge in [-0.15, -0.1) is 12.4 Å². The maximum absolute atomic E-state index is 12.2. The van der Waals surface area contributed by atoms with Crippen molar-refractivity contribution in [3.05, 3.63) is 35.7 Å². The zero-order valence-corrected chi connectivity index (χ0v) is 15.8. The van der Waals surface area contributed by atoms with Gasteiger partial charge >= 0.3 is 0 Å². The molecule has 2 amide bonds. The van der Waals surface area contributed by atoms with Crippen LogP contribution in [-0.2, 0) is 4.79 Å². The molecule has 0 aliphatic carbocycles. The molecule has 1 aromatic carbocycles. The lowest BCUT2D eigenvalue weighted by Gasteiger charge is -2.41. The smallest absolute Gasteiger partial charge is 0.250 e. The van der Waals surface area contributed by atoms with Crippen molar-refractivity contribution in [2.24, 2.45) is 5.73 Å². The van der Waals surface area contributed by atoms with Crippen LogP contribution in [0, 0.1) is 0 Å². The molecule has 0 saturated carbocycles. The number of halogens is 1. The third-order valence-corrected chi connectivity index (χ3v) is 4.64. The number of amides is 2. The Morgan fingerprint density at radius 2 is 1.84 bits per heavy atom. The largest absolute Gasteiger partial charge is 0.366 e. The lowest BCUT2D eigenvalue weighted by atomic mass is 9.94. The van der Waals surface area contributed by atoms with Crippen molar-refractivity contribution in [2.75, 3.05) is 0 Å². The van der Waals surface area contributed by atoms with Gasteiger partial charge in [0.2, 0.25) is 5.91 Å². The number of nitrogens with zero attached hydrogens (tertiary/aromatic N) is 2. The lowest BCUT2D eigenvalue weighted by molar-refractivity contribution is -0.135. The predicted molar refractivity (Wildman–Crippen MR) is 101 cm³/mol. The summed E-state index contributed by atoms with van der Waals surface area (Å²) in [4.78, 5) is 33.5. The molecule has 3 rings (SSSR count). The van der Waals surface area contributed by atoms with E-state index < -0.39 is 17.0 Å². The summed E-state index contributed by atoms with van der Waals surface area (Å²) in [7, 11) is 0. The van der Waals surface area contributed by atoms with Gasteiger partial charge in [-0.3, -0.25) is 9.59 Å². The van der Waals surface area contributed by atoms with E-state index in [1.165, 1.54) is 0 Å². The van der Waals surface area contributed by atoms with Crippen molar-refractivity contribution >= 4 is 40.8 Å². The molecule has 2 aromatic rings. The molecule has 2 heterocycles. The van der Waals surface area contributed by atoms with E-state index in [-0.39, 0.29) is 18.3 Å². The van der Waals surface area contributed by atoms with Crippen LogP contribution < -0.4 is 5.73 Å². The predicted octanol–water partition coefficient (Wildman–Crippen LogP) is 2.89. The Labute approximate surface area is 152 Å². The summed E-state index contributed by atoms with van der Waals surface area (Å²) in [5, 5.41) is 0. The third-order valence-electron chi connectivity index (χ3n) is 4.64. The number of primary amides is 1. The number of benzene rings is 1. The zero-order chi connectivity index (χ0) is 17.9. The fraction of sp³-hybridized carbons (Fsp3) is 0.389. The van der Waals surface area contributed by atoms with Crippen LogP contribution in [0.2, 0.25) is 0 Å². The zero-order valence-electron chi connectivity index (χ0n) is 15.0. The summed E-state index contributed by atoms with van der Waals surface area (Å²) in [6.07, 6.45) is 2.05. The highest BCUT2D eigenvalue weighted by Gasteiger charge is 2.48. The summed E-state index contributed by atoms with van der Waals surface area (Å²) < 4.78 is 0. The summed E-state index contributed by atoms with van der Waals surface area (Å²) in [6, 6.07) is 5.29. The minimum atomic E-state index is -0.518. The van der Waals surface area contributed by atoms with Crippen molar-refractivity contribution < 1.29 is 9.59 Å². The third kappa shape index (κ3) is 2.80. The van der Waals surface area contributed by atoms with Gasteiger partial charge in [0.25, 0.3) is 5.91 Å². The maximum Gasteiger partial charge on any atom is 0.250 e. The van der Waals surface area contributed by atoms with E-state index in [1.54, 1.807) is 19.1 Å². The summed E-state index contributed by atoms with van der Waals surface area (Å²) in [5.41, 5.74) is 7.11. The first-order chi connectivity index (χ1) is 11.1. The van der Waals surface area contributed by atoms with Crippen LogP contribution in [0.5, 0.6) is 0 Å². The van der Waals surface area contributed by atoms with Crippen molar-refractivity contribution in [2.45, 2.75) is 45.7 Å². The second kappa shape index (κ2) is 5.88. The van der Waals surface area contributed by atoms with E-state index in [9.17, 15) is 9.59 Å². The van der Waals surface area contributed by atoms with Crippen molar-refractivity contribution in [1.82, 2.24) is 14.9 Å². The van der Waals surface area contributed by atoms with Crippen LogP contribution in [0.1, 0.15) is 50.8 Å². The second-order valence-electron chi connectivity index (χ2n) is 7.28. The number of aromatic amines is 1. The molecule has 7 heteroatoms. The first-order valence-electron chi connectivity index (χ1n) is 7.89. The minimum absolute atomic E-state index is 0. The Morgan fingerprint density at radius 1 is 1.20 bits per heavy atom. The van der Waals surface area contributed by atoms with Gasteiger partial charge in [0, 0.05) is 12.5 Å². The van der Waals surface area contributed by atoms with Gasteiger partial charge in [-0.2, -0.15) is 0 Å². The van der Waals surface area contributed by atoms with Crippen molar-refractivity contribution in [3.63, 3.8) is 0 Å². The average molecular weight is 363 g/mol. The monoisotopic (exact) mass is 362 g/mol. The van der Waals surface area contributed by atoms with E-state index >= 15 is 0 Å². The highest BCUT2D eigenvalue weighted by molar-refractivity contribution is 6.04. The molecule has 1 aromatic heterocycles. The molecule has 6 nitrogen and oxygen atoms in total. The molecule has 0 unspecified atom stereocenters. The molecule has 0 fully saturated rings. The Bertz CT molecular complexity index is 896. The molecule has 0 atom stereocenters. The molecular formula is C18H23ClN4O2. The summed E-state index contributed by atoms with van der Waals surface area (Å²) in [5.74, 6) is 0.148. The van der Waals surface area contributed by atoms with Gasteiger partial charge in [-0.1, -0.05) is 12.1 Å². The molecule has 25 heavy (non-hydrogen) atoms. The number of H-pyrrole nitrogens is 1. The number of rotatable bonds is 2. The SMILES string of the molecule is CC(=O)N1C(C)(C)C=C(c2nc3c(C(N)=O)cccc3[nH]2)C1(C)C.Cl. The molecule has 1 aliphatic heterocycles. The number of fused-ring (bicyclic) bond motifs is 1. The molecule has 134 valence electrons. The van der Waals surface area contributed by atoms with Gasteiger partial charge < -0.3 is 15.6 Å². The normalized spacial score (nSPS) is 18.0. The Kier molecular flexibility index (Phi) is 4.46. The molecule has 0 radical (unpaired) electrons. The average Bonchev–Trinajstić information content (AvgIpc) is 2.93. The van der Waals surface area contributed by atoms with E-state index in [0.717, 1.165) is 11.1 Å². The maximum atomic E-state index is 12.2. The molecule has 1 aliphatic rings. The standard InChI is InChI=1S/C18H22N4O2.ClH/c1-10(23)22-17(2,3)9-12(18(22,4)5)16-20-13-8-6-7-11(15(19)24)14(13)21-16;/h6-9H,1-5H3,(H2,19,24)(H,20,21);1H. The number of hydrogen-bond donors (Lipinski definition) is 2. The van der Waals surface area contributed by atoms with Gasteiger partial charge in [0.15, 0.2) is 0 Å². The topological polar surface area (TPSA) is 92.1 Å². The molecular weight excluding hydrogens is 340 g/mol. The number of nitrogens with two attached hydrogens (primary N) is 1. The van der Waals surface area contributed by atoms with Crippen molar-refractivity contribution in [1.29, 1.82) is 0 Å². The van der Waals surface area contributed by atoms with Crippen LogP contribution in [0.3, 0.4) is 0 Å². The van der Waals surface area contributed by atoms with Crippen LogP contribution in [0.25, 0.3) is 16.6 Å². The van der Waals surface area contributed by atoms with E-state index in [0.29, 0.717) is 16.9 Å². The number of carbonyl (C=O) groups is 2. The highest BCUT2D eigenvalue weighted by atomic mass is 35.5. The van der Waals surface area contributed by atoms with E-state index in [2.05, 4.69) is 16.0 Å². The Morgan fingerprint density at radius 3 is 2.36 bits per heavy atom. The number of carbonyl (C=O) groups excluding carboxylic acids is 2. The van der Waals surface area contributed by atoms with Crippen LogP contribution in [0.4, 0.5) is 0 Å². The summed E-state index contributed by atoms with van der Waals surface area (Å²) >= 11 is 0. The number of para-hydroxylation sites is 1. The summed E-state index contributed by atoms with van der Waals surface area (Å²) in [6.45, 7) is 9.57. The molecule has 0 bridgehead atoms. The van der Waals surface area contributed by atoms with Gasteiger partial charge in [0.1, 0.15) is 11.3 Å². The lowest BCUT2D eigenvalue weighted by Crippen LogP contribution is -2.52. The highest BCUT2D eigenvalue weighted by Crippen LogP contribution is 2.44. The number of aromatic nitrogens is 2. The molecule has 3 N–H and O–H groups in total. The van der Waals surface area contributed by atoms with Crippen LogP contribution in [-0.4, -0.2) is 37.8 Å². The first-order valence-corrected chi connectivity index (χ1v) is 7.89. The van der Waals surface area contributed by atoms with Crippen LogP contribution in [0.15, 0.2) is 24.3 Å². The molecule has 0 spiro atoms. The quantitative estimate of drug-likeness (QED) is 0.860.